The number of alkyl halides is 2. The number of benzene rings is 3. The Kier molecular flexibility index (Phi) is 12.0. The summed E-state index contributed by atoms with van der Waals surface area (Å²) in [6, 6.07) is 17.1. The van der Waals surface area contributed by atoms with Crippen molar-refractivity contribution in [1.29, 1.82) is 0 Å². The van der Waals surface area contributed by atoms with Crippen LogP contribution in [0.4, 0.5) is 14.5 Å². The number of ether oxygens (including phenoxy) is 4. The zero-order valence-corrected chi connectivity index (χ0v) is 29.6. The van der Waals surface area contributed by atoms with Crippen LogP contribution in [0.2, 0.25) is 0 Å². The van der Waals surface area contributed by atoms with E-state index in [0.717, 1.165) is 28.8 Å². The highest BCUT2D eigenvalue weighted by molar-refractivity contribution is 7.17. The lowest BCUT2D eigenvalue weighted by atomic mass is 10.1. The van der Waals surface area contributed by atoms with Gasteiger partial charge >= 0.3 is 5.97 Å². The van der Waals surface area contributed by atoms with Crippen molar-refractivity contribution in [2.45, 2.75) is 70.9 Å². The number of fused-ring (bicyclic) bond motifs is 1. The van der Waals surface area contributed by atoms with E-state index in [1.54, 1.807) is 59.9 Å². The summed E-state index contributed by atoms with van der Waals surface area (Å²) in [5.74, 6) is 0.363. The van der Waals surface area contributed by atoms with E-state index >= 15 is 0 Å². The van der Waals surface area contributed by atoms with E-state index < -0.39 is 28.7 Å². The smallest absolute Gasteiger partial charge is 0.350 e. The molecule has 0 spiro atoms. The van der Waals surface area contributed by atoms with Gasteiger partial charge in [-0.25, -0.2) is 4.79 Å². The summed E-state index contributed by atoms with van der Waals surface area (Å²) in [6.07, 6.45) is 6.02. The molecule has 0 saturated carbocycles. The second kappa shape index (κ2) is 15.6. The maximum Gasteiger partial charge on any atom is 0.350 e. The molecule has 1 unspecified atom stereocenters. The van der Waals surface area contributed by atoms with Gasteiger partial charge in [0.1, 0.15) is 22.8 Å². The molecular weight excluding hydrogens is 637 g/mol. The number of rotatable bonds is 14. The van der Waals surface area contributed by atoms with Crippen LogP contribution < -0.4 is 25.2 Å². The van der Waals surface area contributed by atoms with Gasteiger partial charge in [0.2, 0.25) is 5.91 Å². The highest BCUT2D eigenvalue weighted by Gasteiger charge is 2.35. The lowest BCUT2D eigenvalue weighted by Crippen LogP contribution is -2.43. The number of halogens is 2. The molecule has 1 aliphatic rings. The standard InChI is InChI=1S/C37H45F2N2O6P/c1-35(2,3)47-34(43)36(4,5)46-27-16-14-25(15-17-27)23-41(20-21-44-6)24-33(42)40-31-19-18-28(22-30(31)37(38,39)48)45-32-13-9-11-26-10-7-8-12-29(26)32/h9-19,22H,7-8,20-21,23-24,48H2,1-6H3,(H,40,42). The van der Waals surface area contributed by atoms with Crippen molar-refractivity contribution in [3.63, 3.8) is 0 Å². The second-order valence-corrected chi connectivity index (χ2v) is 13.9. The van der Waals surface area contributed by atoms with Gasteiger partial charge in [-0.1, -0.05) is 45.7 Å². The van der Waals surface area contributed by atoms with Gasteiger partial charge in [-0.15, -0.1) is 0 Å². The maximum atomic E-state index is 14.8. The third-order valence-corrected chi connectivity index (χ3v) is 7.71. The van der Waals surface area contributed by atoms with E-state index in [2.05, 4.69) is 17.5 Å². The Hall–Kier alpha value is -3.85. The molecule has 258 valence electrons. The zero-order chi connectivity index (χ0) is 35.1. The first-order valence-electron chi connectivity index (χ1n) is 15.8. The molecule has 0 heterocycles. The Balaban J connectivity index is 1.44. The van der Waals surface area contributed by atoms with Crippen LogP contribution in [0.5, 0.6) is 17.2 Å². The minimum absolute atomic E-state index is 0.0110. The van der Waals surface area contributed by atoms with Gasteiger partial charge in [-0.2, -0.15) is 8.78 Å². The van der Waals surface area contributed by atoms with Gasteiger partial charge in [0.05, 0.1) is 24.4 Å². The van der Waals surface area contributed by atoms with Gasteiger partial charge in [0.25, 0.3) is 5.66 Å². The van der Waals surface area contributed by atoms with Crippen LogP contribution in [0.15, 0.2) is 60.7 Å². The average Bonchev–Trinajstić information content (AvgIpc) is 3.00. The van der Waals surface area contributed by atoms with Crippen molar-refractivity contribution in [2.24, 2.45) is 0 Å². The molecule has 4 rings (SSSR count). The molecule has 0 fully saturated rings. The Bertz CT molecular complexity index is 1720. The normalized spacial score (nSPS) is 13.2. The molecule has 1 atom stereocenters. The van der Waals surface area contributed by atoms with Gasteiger partial charge in [-0.3, -0.25) is 9.69 Å². The largest absolute Gasteiger partial charge is 0.476 e. The molecule has 0 radical (unpaired) electrons. The van der Waals surface area contributed by atoms with Crippen LogP contribution >= 0.6 is 9.24 Å². The number of hydrogen-bond donors (Lipinski definition) is 1. The fourth-order valence-electron chi connectivity index (χ4n) is 5.10. The molecule has 0 bridgehead atoms. The Morgan fingerprint density at radius 2 is 1.62 bits per heavy atom. The second-order valence-electron chi connectivity index (χ2n) is 13.2. The topological polar surface area (TPSA) is 86.3 Å². The lowest BCUT2D eigenvalue weighted by Gasteiger charge is -2.29. The molecule has 0 aromatic heterocycles. The van der Waals surface area contributed by atoms with Gasteiger partial charge in [0, 0.05) is 25.4 Å². The minimum atomic E-state index is -3.32. The fraction of sp³-hybridized carbons (Fsp3) is 0.405. The van der Waals surface area contributed by atoms with Crippen LogP contribution in [-0.4, -0.2) is 54.8 Å². The Morgan fingerprint density at radius 1 is 0.938 bits per heavy atom. The van der Waals surface area contributed by atoms with Crippen molar-refractivity contribution >= 4 is 39.0 Å². The summed E-state index contributed by atoms with van der Waals surface area (Å²) >= 11 is 0. The van der Waals surface area contributed by atoms with E-state index in [1.807, 2.05) is 35.2 Å². The van der Waals surface area contributed by atoms with E-state index in [4.69, 9.17) is 18.9 Å². The zero-order valence-electron chi connectivity index (χ0n) is 28.4. The van der Waals surface area contributed by atoms with E-state index in [9.17, 15) is 18.4 Å². The maximum absolute atomic E-state index is 14.8. The summed E-state index contributed by atoms with van der Waals surface area (Å²) in [5, 5.41) is 4.65. The van der Waals surface area contributed by atoms with Crippen molar-refractivity contribution in [3.8, 4) is 17.2 Å². The number of hydrogen-bond acceptors (Lipinski definition) is 7. The van der Waals surface area contributed by atoms with E-state index in [1.165, 1.54) is 21.4 Å². The number of amides is 1. The van der Waals surface area contributed by atoms with Gasteiger partial charge in [0.15, 0.2) is 5.60 Å². The van der Waals surface area contributed by atoms with Crippen LogP contribution in [0.3, 0.4) is 0 Å². The predicted molar refractivity (Wildman–Crippen MR) is 187 cm³/mol. The highest BCUT2D eigenvalue weighted by Crippen LogP contribution is 2.41. The number of carbonyl (C=O) groups excluding carboxylic acids is 2. The van der Waals surface area contributed by atoms with Crippen molar-refractivity contribution in [3.05, 3.63) is 82.2 Å². The summed E-state index contributed by atoms with van der Waals surface area (Å²) in [7, 11) is 3.10. The first-order chi connectivity index (χ1) is 22.5. The van der Waals surface area contributed by atoms with Crippen LogP contribution in [0.25, 0.3) is 12.2 Å². The highest BCUT2D eigenvalue weighted by atomic mass is 31.0. The summed E-state index contributed by atoms with van der Waals surface area (Å²) in [6.45, 7) is 9.76. The number of esters is 1. The van der Waals surface area contributed by atoms with Crippen molar-refractivity contribution in [2.75, 3.05) is 32.1 Å². The van der Waals surface area contributed by atoms with Crippen molar-refractivity contribution < 1.29 is 37.3 Å². The predicted octanol–water partition coefficient (Wildman–Crippen LogP) is 6.34. The third-order valence-electron chi connectivity index (χ3n) is 7.40. The van der Waals surface area contributed by atoms with E-state index in [0.29, 0.717) is 31.2 Å². The number of nitrogens with one attached hydrogen (secondary N) is 1. The Labute approximate surface area is 283 Å². The third kappa shape index (κ3) is 10.6. The van der Waals surface area contributed by atoms with Crippen molar-refractivity contribution in [1.82, 2.24) is 4.90 Å². The number of nitrogens with zero attached hydrogens (tertiary/aromatic N) is 1. The minimum Gasteiger partial charge on any atom is -0.476 e. The number of anilines is 1. The molecule has 1 N–H and O–H groups in total. The monoisotopic (exact) mass is 682 g/mol. The fourth-order valence-corrected chi connectivity index (χ4v) is 5.34. The molecule has 48 heavy (non-hydrogen) atoms. The summed E-state index contributed by atoms with van der Waals surface area (Å²) in [5.41, 5.74) is -4.69. The molecule has 3 aromatic carbocycles. The lowest BCUT2D eigenvalue weighted by molar-refractivity contribution is -0.170. The van der Waals surface area contributed by atoms with Crippen LogP contribution in [0, 0.1) is 0 Å². The van der Waals surface area contributed by atoms with Gasteiger partial charge in [-0.05, 0) is 94.6 Å². The summed E-state index contributed by atoms with van der Waals surface area (Å²) < 4.78 is 52.3. The van der Waals surface area contributed by atoms with E-state index in [-0.39, 0.29) is 23.5 Å². The molecule has 1 aliphatic carbocycles. The number of methoxy groups -OCH3 is 1. The molecule has 1 amide bonds. The van der Waals surface area contributed by atoms with Gasteiger partial charge < -0.3 is 24.3 Å². The first kappa shape index (κ1) is 37.0. The quantitative estimate of drug-likeness (QED) is 0.157. The average molecular weight is 683 g/mol. The molecule has 3 aromatic rings. The Morgan fingerprint density at radius 3 is 2.29 bits per heavy atom. The number of carbonyl (C=O) groups is 2. The molecule has 0 saturated heterocycles. The van der Waals surface area contributed by atoms with Crippen LogP contribution in [-0.2, 0) is 31.3 Å². The SMILES string of the molecule is COCCN(CC(=O)Nc1ccc(Oc2cccc3c2=CCCC=3)cc1C(F)(F)P)Cc1ccc(OC(C)(C)C(=O)OC(C)(C)C)cc1. The first-order valence-corrected chi connectivity index (χ1v) is 16.4. The molecule has 11 heteroatoms. The molecular formula is C37H45F2N2O6P. The van der Waals surface area contributed by atoms with Crippen LogP contribution in [0.1, 0.15) is 58.6 Å². The summed E-state index contributed by atoms with van der Waals surface area (Å²) in [4.78, 5) is 27.7. The molecule has 0 aliphatic heterocycles. The molecule has 8 nitrogen and oxygen atoms in total.